The van der Waals surface area contributed by atoms with Gasteiger partial charge in [0.15, 0.2) is 6.23 Å². The Morgan fingerprint density at radius 1 is 1.09 bits per heavy atom. The molecule has 0 aromatic carbocycles. The van der Waals surface area contributed by atoms with E-state index in [1.807, 2.05) is 4.98 Å². The maximum atomic E-state index is 12.0. The highest BCUT2D eigenvalue weighted by molar-refractivity contribution is 7.66. The summed E-state index contributed by atoms with van der Waals surface area (Å²) in [4.78, 5) is 61.2. The summed E-state index contributed by atoms with van der Waals surface area (Å²) in [6, 6.07) is 0. The first-order valence-corrected chi connectivity index (χ1v) is 12.7. The van der Waals surface area contributed by atoms with E-state index in [4.69, 9.17) is 19.4 Å². The lowest BCUT2D eigenvalue weighted by Gasteiger charge is -2.19. The third-order valence-electron chi connectivity index (χ3n) is 3.66. The van der Waals surface area contributed by atoms with Crippen molar-refractivity contribution in [3.8, 4) is 11.8 Å². The third kappa shape index (κ3) is 7.01. The summed E-state index contributed by atoms with van der Waals surface area (Å²) < 4.78 is 51.0. The van der Waals surface area contributed by atoms with E-state index in [0.29, 0.717) is 4.57 Å². The van der Waals surface area contributed by atoms with Crippen molar-refractivity contribution in [3.05, 3.63) is 32.6 Å². The molecule has 0 amide bonds. The number of hydrogen-bond donors (Lipinski definition) is 7. The first-order chi connectivity index (χ1) is 14.6. The topological polar surface area (TPSA) is 264 Å². The number of nitrogens with one attached hydrogen (secondary N) is 1. The maximum absolute atomic E-state index is 12.0. The van der Waals surface area contributed by atoms with Crippen LogP contribution in [0.15, 0.2) is 15.8 Å². The van der Waals surface area contributed by atoms with Gasteiger partial charge in [-0.1, -0.05) is 5.92 Å². The molecule has 0 spiro atoms. The minimum Gasteiger partial charge on any atom is -0.387 e. The Bertz CT molecular complexity index is 1170. The lowest BCUT2D eigenvalue weighted by atomic mass is 10.1. The summed E-state index contributed by atoms with van der Waals surface area (Å²) in [6.45, 7) is 0.344. The Morgan fingerprint density at radius 2 is 1.72 bits per heavy atom. The van der Waals surface area contributed by atoms with E-state index >= 15 is 0 Å². The molecule has 0 aliphatic carbocycles. The molecule has 7 N–H and O–H groups in total. The van der Waals surface area contributed by atoms with E-state index in [9.17, 15) is 38.4 Å². The van der Waals surface area contributed by atoms with Crippen LogP contribution in [0.5, 0.6) is 0 Å². The first-order valence-electron chi connectivity index (χ1n) is 8.13. The van der Waals surface area contributed by atoms with Crippen molar-refractivity contribution in [1.82, 2.24) is 9.55 Å². The van der Waals surface area contributed by atoms with Crippen molar-refractivity contribution in [2.45, 2.75) is 31.5 Å². The predicted molar refractivity (Wildman–Crippen MR) is 99.6 cm³/mol. The van der Waals surface area contributed by atoms with Gasteiger partial charge in [0.2, 0.25) is 0 Å². The number of ether oxygens (including phenoxy) is 1. The van der Waals surface area contributed by atoms with Crippen molar-refractivity contribution < 1.29 is 61.4 Å². The van der Waals surface area contributed by atoms with Crippen LogP contribution in [0.3, 0.4) is 0 Å². The van der Waals surface area contributed by atoms with Gasteiger partial charge in [-0.15, -0.1) is 5.92 Å². The van der Waals surface area contributed by atoms with Gasteiger partial charge in [-0.25, -0.2) is 18.5 Å². The van der Waals surface area contributed by atoms with E-state index in [2.05, 4.69) is 25.0 Å². The van der Waals surface area contributed by atoms with Crippen LogP contribution < -0.4 is 11.2 Å². The molecule has 1 aliphatic rings. The number of H-pyrrole nitrogens is 1. The molecule has 0 bridgehead atoms. The predicted octanol–water partition coefficient (Wildman–Crippen LogP) is -2.13. The molecule has 6 atom stereocenters. The second kappa shape index (κ2) is 9.80. The van der Waals surface area contributed by atoms with Crippen LogP contribution in [0, 0.1) is 11.8 Å². The van der Waals surface area contributed by atoms with Crippen molar-refractivity contribution in [2.24, 2.45) is 0 Å². The molecular weight excluding hydrogens is 505 g/mol. The number of phosphoric acid groups is 3. The van der Waals surface area contributed by atoms with Gasteiger partial charge in [0.25, 0.3) is 5.56 Å². The number of hydrogen-bond acceptors (Lipinski definition) is 11. The molecule has 2 unspecified atom stereocenters. The quantitative estimate of drug-likeness (QED) is 0.142. The maximum Gasteiger partial charge on any atom is 0.490 e. The molecule has 2 heterocycles. The summed E-state index contributed by atoms with van der Waals surface area (Å²) in [5, 5.41) is 20.2. The van der Waals surface area contributed by atoms with Crippen LogP contribution >= 0.6 is 23.5 Å². The molecule has 17 nitrogen and oxygen atoms in total. The zero-order chi connectivity index (χ0) is 24.5. The summed E-state index contributed by atoms with van der Waals surface area (Å²) in [5.74, 6) is 4.83. The number of aromatic nitrogens is 2. The molecule has 1 aromatic rings. The molecule has 32 heavy (non-hydrogen) atoms. The van der Waals surface area contributed by atoms with Gasteiger partial charge >= 0.3 is 29.2 Å². The third-order valence-corrected chi connectivity index (χ3v) is 7.46. The molecule has 2 rings (SSSR count). The van der Waals surface area contributed by atoms with Gasteiger partial charge in [0.05, 0.1) is 6.61 Å². The van der Waals surface area contributed by atoms with Gasteiger partial charge in [0.1, 0.15) is 23.9 Å². The van der Waals surface area contributed by atoms with E-state index in [1.54, 1.807) is 0 Å². The molecule has 1 aliphatic heterocycles. The van der Waals surface area contributed by atoms with Crippen LogP contribution in [0.25, 0.3) is 0 Å². The van der Waals surface area contributed by atoms with Crippen LogP contribution in [-0.2, 0) is 31.6 Å². The normalized spacial score (nSPS) is 27.2. The number of aromatic amines is 1. The lowest BCUT2D eigenvalue weighted by molar-refractivity contribution is -0.0542. The van der Waals surface area contributed by atoms with E-state index in [1.165, 1.54) is 6.92 Å². The van der Waals surface area contributed by atoms with Crippen molar-refractivity contribution in [2.75, 3.05) is 6.61 Å². The lowest BCUT2D eigenvalue weighted by Crippen LogP contribution is -2.38. The van der Waals surface area contributed by atoms with Crippen molar-refractivity contribution in [1.29, 1.82) is 0 Å². The average Bonchev–Trinajstić information content (AvgIpc) is 2.87. The van der Waals surface area contributed by atoms with Crippen molar-refractivity contribution >= 4 is 23.5 Å². The second-order valence-electron chi connectivity index (χ2n) is 6.02. The highest BCUT2D eigenvalue weighted by Gasteiger charge is 2.46. The zero-order valence-electron chi connectivity index (χ0n) is 15.7. The monoisotopic (exact) mass is 522 g/mol. The van der Waals surface area contributed by atoms with Gasteiger partial charge in [-0.2, -0.15) is 8.62 Å². The van der Waals surface area contributed by atoms with E-state index in [-0.39, 0.29) is 5.56 Å². The largest absolute Gasteiger partial charge is 0.490 e. The van der Waals surface area contributed by atoms with Crippen LogP contribution in [0.2, 0.25) is 0 Å². The van der Waals surface area contributed by atoms with Crippen LogP contribution in [0.4, 0.5) is 0 Å². The highest BCUT2D eigenvalue weighted by atomic mass is 31.3. The fourth-order valence-electron chi connectivity index (χ4n) is 2.47. The fourth-order valence-corrected chi connectivity index (χ4v) is 5.50. The summed E-state index contributed by atoms with van der Waals surface area (Å²) in [6.07, 6.45) is -5.91. The van der Waals surface area contributed by atoms with Crippen LogP contribution in [-0.4, -0.2) is 64.3 Å². The Morgan fingerprint density at radius 3 is 2.28 bits per heavy atom. The number of aliphatic hydroxyl groups is 2. The molecule has 20 heteroatoms. The summed E-state index contributed by atoms with van der Waals surface area (Å²) in [5.41, 5.74) is -2.03. The minimum absolute atomic E-state index is 0.172. The number of aliphatic hydroxyl groups excluding tert-OH is 2. The number of nitrogens with zero attached hydrogens (tertiary/aromatic N) is 1. The van der Waals surface area contributed by atoms with Gasteiger partial charge in [-0.05, 0) is 6.92 Å². The second-order valence-corrected chi connectivity index (χ2v) is 10.4. The van der Waals surface area contributed by atoms with E-state index < -0.39 is 65.9 Å². The molecule has 1 aromatic heterocycles. The number of phosphoric ester groups is 1. The summed E-state index contributed by atoms with van der Waals surface area (Å²) >= 11 is 0. The Balaban J connectivity index is 2.15. The van der Waals surface area contributed by atoms with Crippen LogP contribution in [0.1, 0.15) is 18.7 Å². The Kier molecular flexibility index (Phi) is 8.20. The molecular formula is C12H17N2O15P3. The standard InChI is InChI=1S/C12H17N2O15P3/c1-2-3-6-4-14(12(18)13-10(6)17)11-9(16)8(15)7(27-11)5-26-31(22,23)29-32(24,25)28-30(19,20)21/h4,7-9,11,15-16H,5H2,1H3,(H,22,23)(H,24,25)(H,13,17,18)(H2,19,20,21)/t7-,8-,9+,11-/m1/s1. The summed E-state index contributed by atoms with van der Waals surface area (Å²) in [7, 11) is -16.8. The van der Waals surface area contributed by atoms with Gasteiger partial charge in [-0.3, -0.25) is 18.9 Å². The Hall–Kier alpha value is -1.47. The minimum atomic E-state index is -5.75. The van der Waals surface area contributed by atoms with Crippen molar-refractivity contribution in [3.63, 3.8) is 0 Å². The SMILES string of the molecule is CC#Cc1cn([C@@H]2O[C@H](COP(=O)(O)OP(=O)(O)OP(=O)(O)O)[C@@H](O)[C@@H]2O)c(=O)[nH]c1=O. The zero-order valence-corrected chi connectivity index (χ0v) is 18.4. The molecule has 0 saturated carbocycles. The van der Waals surface area contributed by atoms with Gasteiger partial charge < -0.3 is 34.5 Å². The van der Waals surface area contributed by atoms with Gasteiger partial charge in [0, 0.05) is 6.20 Å². The fraction of sp³-hybridized carbons (Fsp3) is 0.500. The highest BCUT2D eigenvalue weighted by Crippen LogP contribution is 2.66. The smallest absolute Gasteiger partial charge is 0.387 e. The van der Waals surface area contributed by atoms with E-state index in [0.717, 1.165) is 6.20 Å². The molecule has 1 fully saturated rings. The first kappa shape index (κ1) is 26.8. The Labute approximate surface area is 177 Å². The molecule has 0 radical (unpaired) electrons. The molecule has 180 valence electrons. The molecule has 1 saturated heterocycles. The average molecular weight is 522 g/mol. The number of rotatable bonds is 8.